The summed E-state index contributed by atoms with van der Waals surface area (Å²) in [6.07, 6.45) is -4.16. The molecule has 3 rings (SSSR count). The number of carbonyl (C=O) groups is 1. The van der Waals surface area contributed by atoms with Crippen LogP contribution < -0.4 is 15.0 Å². The summed E-state index contributed by atoms with van der Waals surface area (Å²) in [5.74, 6) is -0.0151. The van der Waals surface area contributed by atoms with Crippen LogP contribution in [0.4, 0.5) is 24.8 Å². The number of amides is 1. The van der Waals surface area contributed by atoms with Gasteiger partial charge in [-0.15, -0.1) is 23.4 Å². The first-order valence-corrected chi connectivity index (χ1v) is 8.45. The SMILES string of the molecule is N#CC1CCN(c2ccc(NC(=O)Cc3cccc(OC(F)(F)F)c3)nn2)C1. The van der Waals surface area contributed by atoms with Gasteiger partial charge in [0.2, 0.25) is 5.91 Å². The van der Waals surface area contributed by atoms with Gasteiger partial charge in [-0.05, 0) is 36.2 Å². The Morgan fingerprint density at radius 3 is 2.79 bits per heavy atom. The van der Waals surface area contributed by atoms with Crippen LogP contribution in [0, 0.1) is 17.2 Å². The van der Waals surface area contributed by atoms with E-state index >= 15 is 0 Å². The summed E-state index contributed by atoms with van der Waals surface area (Å²) >= 11 is 0. The Morgan fingerprint density at radius 1 is 1.32 bits per heavy atom. The molecule has 1 aliphatic heterocycles. The zero-order chi connectivity index (χ0) is 20.1. The van der Waals surface area contributed by atoms with E-state index in [1.54, 1.807) is 12.1 Å². The number of nitriles is 1. The largest absolute Gasteiger partial charge is 0.573 e. The third kappa shape index (κ3) is 5.33. The van der Waals surface area contributed by atoms with E-state index in [1.165, 1.54) is 12.1 Å². The molecule has 1 aliphatic rings. The van der Waals surface area contributed by atoms with Gasteiger partial charge in [0.1, 0.15) is 5.75 Å². The molecule has 1 aromatic carbocycles. The quantitative estimate of drug-likeness (QED) is 0.843. The van der Waals surface area contributed by atoms with Crippen LogP contribution in [0.2, 0.25) is 0 Å². The van der Waals surface area contributed by atoms with Crippen LogP contribution in [-0.4, -0.2) is 35.6 Å². The molecule has 1 aromatic heterocycles. The zero-order valence-electron chi connectivity index (χ0n) is 14.6. The lowest BCUT2D eigenvalue weighted by Gasteiger charge is -2.15. The fraction of sp³-hybridized carbons (Fsp3) is 0.333. The molecule has 1 atom stereocenters. The van der Waals surface area contributed by atoms with Gasteiger partial charge in [-0.3, -0.25) is 4.79 Å². The molecule has 0 saturated carbocycles. The van der Waals surface area contributed by atoms with Crippen molar-refractivity contribution in [3.63, 3.8) is 0 Å². The van der Waals surface area contributed by atoms with Crippen LogP contribution in [0.5, 0.6) is 5.75 Å². The van der Waals surface area contributed by atoms with E-state index in [1.807, 2.05) is 4.90 Å². The normalized spacial score (nSPS) is 16.5. The first kappa shape index (κ1) is 19.4. The van der Waals surface area contributed by atoms with Crippen molar-refractivity contribution in [2.45, 2.75) is 19.2 Å². The molecule has 0 bridgehead atoms. The second kappa shape index (κ2) is 8.12. The summed E-state index contributed by atoms with van der Waals surface area (Å²) in [5, 5.41) is 19.5. The number of rotatable bonds is 5. The Morgan fingerprint density at radius 2 is 2.14 bits per heavy atom. The maximum atomic E-state index is 12.3. The van der Waals surface area contributed by atoms with E-state index in [9.17, 15) is 18.0 Å². The number of ether oxygens (including phenoxy) is 1. The average Bonchev–Trinajstić information content (AvgIpc) is 3.10. The molecule has 1 fully saturated rings. The van der Waals surface area contributed by atoms with E-state index in [-0.39, 0.29) is 23.9 Å². The molecule has 0 radical (unpaired) electrons. The molecule has 2 aromatic rings. The second-order valence-corrected chi connectivity index (χ2v) is 6.26. The number of nitrogens with one attached hydrogen (secondary N) is 1. The van der Waals surface area contributed by atoms with Crippen molar-refractivity contribution >= 4 is 17.5 Å². The van der Waals surface area contributed by atoms with Gasteiger partial charge >= 0.3 is 6.36 Å². The highest BCUT2D eigenvalue weighted by atomic mass is 19.4. The Labute approximate surface area is 158 Å². The Hall–Kier alpha value is -3.35. The smallest absolute Gasteiger partial charge is 0.406 e. The summed E-state index contributed by atoms with van der Waals surface area (Å²) in [6.45, 7) is 1.31. The molecule has 1 amide bonds. The average molecular weight is 391 g/mol. The van der Waals surface area contributed by atoms with Gasteiger partial charge in [0, 0.05) is 13.1 Å². The molecular formula is C18H16F3N5O2. The van der Waals surface area contributed by atoms with Crippen LogP contribution in [0.1, 0.15) is 12.0 Å². The Kier molecular flexibility index (Phi) is 5.63. The van der Waals surface area contributed by atoms with E-state index in [0.29, 0.717) is 17.9 Å². The van der Waals surface area contributed by atoms with E-state index in [4.69, 9.17) is 5.26 Å². The lowest BCUT2D eigenvalue weighted by Crippen LogP contribution is -2.21. The van der Waals surface area contributed by atoms with Crippen molar-refractivity contribution in [2.24, 2.45) is 5.92 Å². The number of benzene rings is 1. The number of alkyl halides is 3. The summed E-state index contributed by atoms with van der Waals surface area (Å²) in [4.78, 5) is 14.1. The van der Waals surface area contributed by atoms with E-state index in [0.717, 1.165) is 25.1 Å². The van der Waals surface area contributed by atoms with Gasteiger partial charge in [-0.25, -0.2) is 0 Å². The molecule has 1 saturated heterocycles. The summed E-state index contributed by atoms with van der Waals surface area (Å²) in [6, 6.07) is 10.7. The van der Waals surface area contributed by atoms with Gasteiger partial charge in [0.25, 0.3) is 0 Å². The minimum Gasteiger partial charge on any atom is -0.406 e. The maximum absolute atomic E-state index is 12.3. The lowest BCUT2D eigenvalue weighted by atomic mass is 10.1. The summed E-state index contributed by atoms with van der Waals surface area (Å²) in [5.41, 5.74) is 0.364. The van der Waals surface area contributed by atoms with Crippen molar-refractivity contribution < 1.29 is 22.7 Å². The fourth-order valence-electron chi connectivity index (χ4n) is 2.86. The molecule has 0 aliphatic carbocycles. The predicted octanol–water partition coefficient (Wildman–Crippen LogP) is 2.91. The van der Waals surface area contributed by atoms with Gasteiger partial charge in [-0.1, -0.05) is 12.1 Å². The van der Waals surface area contributed by atoms with Crippen molar-refractivity contribution in [1.82, 2.24) is 10.2 Å². The van der Waals surface area contributed by atoms with Crippen molar-refractivity contribution in [1.29, 1.82) is 5.26 Å². The van der Waals surface area contributed by atoms with Crippen LogP contribution >= 0.6 is 0 Å². The third-order valence-electron chi connectivity index (χ3n) is 4.11. The number of halogens is 3. The summed E-state index contributed by atoms with van der Waals surface area (Å²) < 4.78 is 40.7. The highest BCUT2D eigenvalue weighted by Gasteiger charge is 2.31. The number of nitrogens with zero attached hydrogens (tertiary/aromatic N) is 4. The Bertz CT molecular complexity index is 880. The molecule has 1 N–H and O–H groups in total. The number of hydrogen-bond acceptors (Lipinski definition) is 6. The van der Waals surface area contributed by atoms with Gasteiger partial charge in [0.15, 0.2) is 11.6 Å². The summed E-state index contributed by atoms with van der Waals surface area (Å²) in [7, 11) is 0. The first-order valence-electron chi connectivity index (χ1n) is 8.45. The van der Waals surface area contributed by atoms with Crippen LogP contribution in [0.15, 0.2) is 36.4 Å². The number of anilines is 2. The van der Waals surface area contributed by atoms with Gasteiger partial charge in [-0.2, -0.15) is 5.26 Å². The zero-order valence-corrected chi connectivity index (χ0v) is 14.6. The van der Waals surface area contributed by atoms with Crippen LogP contribution in [-0.2, 0) is 11.2 Å². The first-order chi connectivity index (χ1) is 13.3. The second-order valence-electron chi connectivity index (χ2n) is 6.26. The van der Waals surface area contributed by atoms with E-state index in [2.05, 4.69) is 26.3 Å². The van der Waals surface area contributed by atoms with Gasteiger partial charge in [0.05, 0.1) is 18.4 Å². The number of hydrogen-bond donors (Lipinski definition) is 1. The van der Waals surface area contributed by atoms with Gasteiger partial charge < -0.3 is 15.0 Å². The number of aromatic nitrogens is 2. The molecule has 1 unspecified atom stereocenters. The van der Waals surface area contributed by atoms with Crippen molar-refractivity contribution in [2.75, 3.05) is 23.3 Å². The molecule has 28 heavy (non-hydrogen) atoms. The lowest BCUT2D eigenvalue weighted by molar-refractivity contribution is -0.274. The molecular weight excluding hydrogens is 375 g/mol. The Balaban J connectivity index is 1.57. The van der Waals surface area contributed by atoms with Crippen molar-refractivity contribution in [3.05, 3.63) is 42.0 Å². The maximum Gasteiger partial charge on any atom is 0.573 e. The molecule has 146 valence electrons. The highest BCUT2D eigenvalue weighted by molar-refractivity contribution is 5.91. The highest BCUT2D eigenvalue weighted by Crippen LogP contribution is 2.24. The van der Waals surface area contributed by atoms with Crippen LogP contribution in [0.25, 0.3) is 0 Å². The minimum atomic E-state index is -4.79. The standard InChI is InChI=1S/C18H16F3N5O2/c19-18(20,21)28-14-3-1-2-12(8-14)9-17(27)23-15-4-5-16(25-24-15)26-7-6-13(10-22)11-26/h1-5,8,13H,6-7,9,11H2,(H,23,24,27). The monoisotopic (exact) mass is 391 g/mol. The van der Waals surface area contributed by atoms with Crippen molar-refractivity contribution in [3.8, 4) is 11.8 Å². The topological polar surface area (TPSA) is 91.1 Å². The third-order valence-corrected chi connectivity index (χ3v) is 4.11. The molecule has 10 heteroatoms. The van der Waals surface area contributed by atoms with E-state index < -0.39 is 12.3 Å². The predicted molar refractivity (Wildman–Crippen MR) is 93.4 cm³/mol. The minimum absolute atomic E-state index is 0.0294. The number of carbonyl (C=O) groups excluding carboxylic acids is 1. The fourth-order valence-corrected chi connectivity index (χ4v) is 2.86. The van der Waals surface area contributed by atoms with Crippen LogP contribution in [0.3, 0.4) is 0 Å². The molecule has 0 spiro atoms. The molecule has 7 nitrogen and oxygen atoms in total. The molecule has 2 heterocycles.